The van der Waals surface area contributed by atoms with Gasteiger partial charge in [-0.25, -0.2) is 4.79 Å². The van der Waals surface area contributed by atoms with Crippen LogP contribution in [-0.2, 0) is 16.0 Å². The lowest BCUT2D eigenvalue weighted by atomic mass is 10.0. The van der Waals surface area contributed by atoms with Crippen LogP contribution in [0.2, 0.25) is 0 Å². The highest BCUT2D eigenvalue weighted by atomic mass is 16.5. The van der Waals surface area contributed by atoms with Crippen molar-refractivity contribution in [2.24, 2.45) is 0 Å². The van der Waals surface area contributed by atoms with Gasteiger partial charge in [-0.2, -0.15) is 0 Å². The Labute approximate surface area is 215 Å². The first kappa shape index (κ1) is 29.4. The first-order valence-electron chi connectivity index (χ1n) is 14.4. The van der Waals surface area contributed by atoms with Crippen LogP contribution in [0, 0.1) is 0 Å². The molecular weight excluding hydrogens is 434 g/mol. The number of carbonyl (C=O) groups excluding carboxylic acids is 1. The van der Waals surface area contributed by atoms with Gasteiger partial charge in [-0.3, -0.25) is 0 Å². The fourth-order valence-electron chi connectivity index (χ4n) is 5.17. The fourth-order valence-corrected chi connectivity index (χ4v) is 5.17. The molecule has 0 aliphatic carbocycles. The van der Waals surface area contributed by atoms with E-state index in [0.717, 1.165) is 42.7 Å². The van der Waals surface area contributed by atoms with Crippen molar-refractivity contribution in [1.82, 2.24) is 0 Å². The lowest BCUT2D eigenvalue weighted by molar-refractivity contribution is -0.920. The van der Waals surface area contributed by atoms with Gasteiger partial charge >= 0.3 is 5.97 Å². The monoisotopic (exact) mass is 486 g/mol. The van der Waals surface area contributed by atoms with E-state index in [1.165, 1.54) is 88.2 Å². The lowest BCUT2D eigenvalue weighted by Crippen LogP contribution is -2.54. The van der Waals surface area contributed by atoms with Gasteiger partial charge in [0, 0.05) is 0 Å². The first-order valence-corrected chi connectivity index (χ1v) is 14.4. The number of benzene rings is 1. The van der Waals surface area contributed by atoms with Crippen LogP contribution in [0.25, 0.3) is 0 Å². The highest BCUT2D eigenvalue weighted by Gasteiger charge is 2.32. The van der Waals surface area contributed by atoms with Crippen molar-refractivity contribution in [3.05, 3.63) is 41.5 Å². The molecule has 1 heterocycles. The number of quaternary nitrogens is 1. The fraction of sp³-hybridized carbons (Fsp3) is 0.710. The number of allylic oxidation sites excluding steroid dienone is 1. The molecule has 0 radical (unpaired) electrons. The predicted molar refractivity (Wildman–Crippen MR) is 147 cm³/mol. The Balaban J connectivity index is 1.68. The third-order valence-corrected chi connectivity index (χ3v) is 7.46. The molecule has 0 atom stereocenters. The second-order valence-corrected chi connectivity index (χ2v) is 10.7. The number of hydrogen-bond acceptors (Lipinski definition) is 3. The average Bonchev–Trinajstić information content (AvgIpc) is 2.87. The van der Waals surface area contributed by atoms with Gasteiger partial charge < -0.3 is 14.0 Å². The van der Waals surface area contributed by atoms with Gasteiger partial charge in [0.2, 0.25) is 0 Å². The number of carbonyl (C=O) groups is 1. The van der Waals surface area contributed by atoms with E-state index in [1.54, 1.807) is 7.11 Å². The maximum Gasteiger partial charge on any atom is 0.361 e. The van der Waals surface area contributed by atoms with Crippen LogP contribution < -0.4 is 4.74 Å². The Morgan fingerprint density at radius 2 is 1.49 bits per heavy atom. The van der Waals surface area contributed by atoms with Crippen LogP contribution in [0.5, 0.6) is 5.75 Å². The zero-order chi connectivity index (χ0) is 25.2. The maximum atomic E-state index is 12.7. The second-order valence-electron chi connectivity index (χ2n) is 10.7. The average molecular weight is 487 g/mol. The van der Waals surface area contributed by atoms with E-state index < -0.39 is 0 Å². The summed E-state index contributed by atoms with van der Waals surface area (Å²) in [6, 6.07) is 8.30. The van der Waals surface area contributed by atoms with Crippen LogP contribution in [-0.4, -0.2) is 50.3 Å². The van der Waals surface area contributed by atoms with Crippen molar-refractivity contribution in [2.45, 2.75) is 104 Å². The van der Waals surface area contributed by atoms with E-state index >= 15 is 0 Å². The Hall–Kier alpha value is -1.81. The van der Waals surface area contributed by atoms with Gasteiger partial charge in [0.1, 0.15) is 5.75 Å². The molecule has 1 aromatic rings. The van der Waals surface area contributed by atoms with Crippen molar-refractivity contribution in [3.8, 4) is 5.75 Å². The summed E-state index contributed by atoms with van der Waals surface area (Å²) in [5, 5.41) is 0. The van der Waals surface area contributed by atoms with Crippen LogP contribution in [0.1, 0.15) is 103 Å². The van der Waals surface area contributed by atoms with E-state index in [2.05, 4.69) is 32.1 Å². The topological polar surface area (TPSA) is 35.5 Å². The van der Waals surface area contributed by atoms with Crippen molar-refractivity contribution in [2.75, 3.05) is 39.9 Å². The number of likely N-dealkylation sites (tertiary alicyclic amines) is 1. The summed E-state index contributed by atoms with van der Waals surface area (Å²) < 4.78 is 11.8. The zero-order valence-electron chi connectivity index (χ0n) is 23.0. The van der Waals surface area contributed by atoms with Crippen molar-refractivity contribution < 1.29 is 18.8 Å². The molecule has 0 bridgehead atoms. The lowest BCUT2D eigenvalue weighted by Gasteiger charge is -2.40. The van der Waals surface area contributed by atoms with Crippen LogP contribution in [0.4, 0.5) is 0 Å². The molecule has 35 heavy (non-hydrogen) atoms. The number of hydrogen-bond donors (Lipinski definition) is 0. The van der Waals surface area contributed by atoms with Gasteiger partial charge in [0.05, 0.1) is 33.4 Å². The number of rotatable bonds is 18. The Kier molecular flexibility index (Phi) is 14.8. The number of methoxy groups -OCH3 is 1. The minimum Gasteiger partial charge on any atom is -0.497 e. The first-order chi connectivity index (χ1) is 17.1. The molecule has 0 saturated carbocycles. The van der Waals surface area contributed by atoms with Gasteiger partial charge in [-0.1, -0.05) is 82.4 Å². The van der Waals surface area contributed by atoms with Crippen LogP contribution >= 0.6 is 0 Å². The minimum atomic E-state index is -0.0102. The molecule has 0 spiro atoms. The van der Waals surface area contributed by atoms with Crippen molar-refractivity contribution >= 4 is 5.97 Å². The molecule has 2 rings (SSSR count). The molecule has 0 unspecified atom stereocenters. The Morgan fingerprint density at radius 3 is 2.09 bits per heavy atom. The minimum absolute atomic E-state index is 0.0102. The zero-order valence-corrected chi connectivity index (χ0v) is 23.0. The Morgan fingerprint density at radius 1 is 0.886 bits per heavy atom. The summed E-state index contributed by atoms with van der Waals surface area (Å²) in [6.45, 7) is 8.67. The molecule has 1 saturated heterocycles. The molecule has 1 aliphatic heterocycles. The van der Waals surface area contributed by atoms with Crippen LogP contribution in [0.3, 0.4) is 0 Å². The largest absolute Gasteiger partial charge is 0.497 e. The normalized spacial score (nSPS) is 15.7. The highest BCUT2D eigenvalue weighted by Crippen LogP contribution is 2.21. The number of nitrogens with zero attached hydrogens (tertiary/aromatic N) is 1. The van der Waals surface area contributed by atoms with Gasteiger partial charge in [-0.15, -0.1) is 0 Å². The molecule has 1 aliphatic rings. The second kappa shape index (κ2) is 17.6. The van der Waals surface area contributed by atoms with E-state index in [0.29, 0.717) is 13.2 Å². The third kappa shape index (κ3) is 12.6. The summed E-state index contributed by atoms with van der Waals surface area (Å²) >= 11 is 0. The molecular formula is C31H52NO3+. The summed E-state index contributed by atoms with van der Waals surface area (Å²) in [5.74, 6) is 0.883. The molecule has 1 fully saturated rings. The van der Waals surface area contributed by atoms with Crippen molar-refractivity contribution in [3.63, 3.8) is 0 Å². The van der Waals surface area contributed by atoms with Gasteiger partial charge in [-0.05, 0) is 62.8 Å². The third-order valence-electron chi connectivity index (χ3n) is 7.46. The van der Waals surface area contributed by atoms with Crippen molar-refractivity contribution in [1.29, 1.82) is 0 Å². The summed E-state index contributed by atoms with van der Waals surface area (Å²) in [5.41, 5.74) is 2.65. The molecule has 0 aromatic heterocycles. The van der Waals surface area contributed by atoms with E-state index in [1.807, 2.05) is 12.1 Å². The molecule has 4 heteroatoms. The van der Waals surface area contributed by atoms with Crippen LogP contribution in [0.15, 0.2) is 35.9 Å². The van der Waals surface area contributed by atoms with Gasteiger partial charge in [0.15, 0.2) is 6.54 Å². The molecule has 0 N–H and O–H groups in total. The predicted octanol–water partition coefficient (Wildman–Crippen LogP) is 7.65. The van der Waals surface area contributed by atoms with Gasteiger partial charge in [0.25, 0.3) is 0 Å². The standard InChI is InChI=1S/C31H52NO3/c1-4-5-6-7-8-9-10-11-12-16-25-35-31(33)27-32(22-14-13-15-23-32)24-21-28(2)26-29-17-19-30(34-3)20-18-29/h17-21H,4-16,22-27H2,1-3H3/q+1/b28-21+. The molecule has 1 aromatic carbocycles. The summed E-state index contributed by atoms with van der Waals surface area (Å²) in [6.07, 6.45) is 20.0. The van der Waals surface area contributed by atoms with E-state index in [-0.39, 0.29) is 5.97 Å². The molecule has 4 nitrogen and oxygen atoms in total. The highest BCUT2D eigenvalue weighted by molar-refractivity contribution is 5.70. The number of esters is 1. The molecule has 198 valence electrons. The summed E-state index contributed by atoms with van der Waals surface area (Å²) in [7, 11) is 1.70. The SMILES string of the molecule is CCCCCCCCCCCCOC(=O)C[N+]1(C/C=C(\C)Cc2ccc(OC)cc2)CCCCC1. The number of unbranched alkanes of at least 4 members (excludes halogenated alkanes) is 9. The number of ether oxygens (including phenoxy) is 2. The Bertz CT molecular complexity index is 719. The molecule has 0 amide bonds. The smallest absolute Gasteiger partial charge is 0.361 e. The van der Waals surface area contributed by atoms with E-state index in [4.69, 9.17) is 9.47 Å². The van der Waals surface area contributed by atoms with E-state index in [9.17, 15) is 4.79 Å². The maximum absolute atomic E-state index is 12.7. The number of piperidine rings is 1. The summed E-state index contributed by atoms with van der Waals surface area (Å²) in [4.78, 5) is 12.7. The quantitative estimate of drug-likeness (QED) is 0.0925.